The van der Waals surface area contributed by atoms with Crippen molar-refractivity contribution in [3.05, 3.63) is 64.2 Å². The summed E-state index contributed by atoms with van der Waals surface area (Å²) in [6.45, 7) is 0.0936. The lowest BCUT2D eigenvalue weighted by Crippen LogP contribution is -2.05. The van der Waals surface area contributed by atoms with Gasteiger partial charge in [-0.2, -0.15) is 5.26 Å². The number of nitrogens with two attached hydrogens (primary N) is 1. The zero-order chi connectivity index (χ0) is 14.5. The van der Waals surface area contributed by atoms with Gasteiger partial charge in [-0.15, -0.1) is 0 Å². The van der Waals surface area contributed by atoms with Crippen molar-refractivity contribution in [2.45, 2.75) is 6.61 Å². The fourth-order valence-electron chi connectivity index (χ4n) is 1.62. The molecule has 0 spiro atoms. The number of nitriles is 1. The molecule has 0 bridgehead atoms. The summed E-state index contributed by atoms with van der Waals surface area (Å²) >= 11 is 5.85. The van der Waals surface area contributed by atoms with Crippen molar-refractivity contribution in [3.8, 4) is 6.07 Å². The summed E-state index contributed by atoms with van der Waals surface area (Å²) in [5.41, 5.74) is 7.58. The van der Waals surface area contributed by atoms with Gasteiger partial charge in [-0.25, -0.2) is 4.79 Å². The molecule has 0 aliphatic heterocycles. The maximum atomic E-state index is 11.8. The lowest BCUT2D eigenvalue weighted by molar-refractivity contribution is 0.0472. The molecule has 5 heteroatoms. The number of ether oxygens (including phenoxy) is 1. The number of anilines is 1. The van der Waals surface area contributed by atoms with E-state index in [9.17, 15) is 4.79 Å². The average molecular weight is 287 g/mol. The lowest BCUT2D eigenvalue weighted by Gasteiger charge is -2.06. The molecule has 0 saturated heterocycles. The topological polar surface area (TPSA) is 76.1 Å². The van der Waals surface area contributed by atoms with Gasteiger partial charge < -0.3 is 10.5 Å². The highest BCUT2D eigenvalue weighted by atomic mass is 35.5. The monoisotopic (exact) mass is 286 g/mol. The van der Waals surface area contributed by atoms with Crippen LogP contribution in [0.5, 0.6) is 0 Å². The highest BCUT2D eigenvalue weighted by molar-refractivity contribution is 6.33. The minimum atomic E-state index is -0.491. The molecule has 4 nitrogen and oxygen atoms in total. The van der Waals surface area contributed by atoms with Crippen LogP contribution < -0.4 is 5.73 Å². The van der Waals surface area contributed by atoms with Crippen LogP contribution in [0.2, 0.25) is 5.02 Å². The third kappa shape index (κ3) is 3.28. The minimum Gasteiger partial charge on any atom is -0.457 e. The predicted molar refractivity (Wildman–Crippen MR) is 76.1 cm³/mol. The molecule has 0 atom stereocenters. The summed E-state index contributed by atoms with van der Waals surface area (Å²) in [5, 5.41) is 9.10. The second kappa shape index (κ2) is 6.09. The van der Waals surface area contributed by atoms with Crippen molar-refractivity contribution >= 4 is 23.3 Å². The Morgan fingerprint density at radius 2 is 2.10 bits per heavy atom. The molecule has 0 aromatic heterocycles. The van der Waals surface area contributed by atoms with E-state index in [4.69, 9.17) is 27.3 Å². The molecule has 0 saturated carbocycles. The smallest absolute Gasteiger partial charge is 0.338 e. The number of nitrogen functional groups attached to an aromatic ring is 1. The van der Waals surface area contributed by atoms with Gasteiger partial charge in [0.25, 0.3) is 0 Å². The molecular weight excluding hydrogens is 276 g/mol. The van der Waals surface area contributed by atoms with E-state index < -0.39 is 5.97 Å². The van der Waals surface area contributed by atoms with Crippen LogP contribution in [-0.4, -0.2) is 5.97 Å². The van der Waals surface area contributed by atoms with E-state index in [1.165, 1.54) is 6.07 Å². The molecule has 0 heterocycles. The Hall–Kier alpha value is -2.51. The van der Waals surface area contributed by atoms with E-state index in [0.717, 1.165) is 5.56 Å². The first-order valence-corrected chi connectivity index (χ1v) is 6.19. The predicted octanol–water partition coefficient (Wildman–Crippen LogP) is 3.15. The summed E-state index contributed by atoms with van der Waals surface area (Å²) in [6, 6.07) is 13.5. The summed E-state index contributed by atoms with van der Waals surface area (Å²) in [6.07, 6.45) is 0. The molecular formula is C15H11ClN2O2. The molecule has 0 radical (unpaired) electrons. The number of carbonyl (C=O) groups is 1. The first-order valence-electron chi connectivity index (χ1n) is 5.81. The average Bonchev–Trinajstić information content (AvgIpc) is 2.47. The second-order valence-corrected chi connectivity index (χ2v) is 4.53. The van der Waals surface area contributed by atoms with E-state index in [1.54, 1.807) is 36.4 Å². The molecule has 0 fully saturated rings. The van der Waals surface area contributed by atoms with Crippen LogP contribution in [0.3, 0.4) is 0 Å². The first kappa shape index (κ1) is 13.9. The molecule has 0 aliphatic carbocycles. The molecule has 2 aromatic rings. The van der Waals surface area contributed by atoms with Crippen molar-refractivity contribution in [2.24, 2.45) is 0 Å². The van der Waals surface area contributed by atoms with Crippen LogP contribution >= 0.6 is 11.6 Å². The van der Waals surface area contributed by atoms with Gasteiger partial charge >= 0.3 is 5.97 Å². The van der Waals surface area contributed by atoms with Crippen LogP contribution in [0, 0.1) is 11.3 Å². The molecule has 2 rings (SSSR count). The van der Waals surface area contributed by atoms with Crippen LogP contribution in [0.1, 0.15) is 21.5 Å². The van der Waals surface area contributed by atoms with Crippen molar-refractivity contribution in [1.82, 2.24) is 0 Å². The Bertz CT molecular complexity index is 693. The fraction of sp³-hybridized carbons (Fsp3) is 0.0667. The Morgan fingerprint density at radius 3 is 2.80 bits per heavy atom. The molecule has 0 unspecified atom stereocenters. The number of carbonyl (C=O) groups excluding carboxylic acids is 1. The standard InChI is InChI=1S/C15H11ClN2O2/c16-13-7-12(4-5-14(13)18)15(19)20-9-11-3-1-2-10(6-11)8-17/h1-7H,9,18H2. The maximum Gasteiger partial charge on any atom is 0.338 e. The van der Waals surface area contributed by atoms with E-state index in [-0.39, 0.29) is 6.61 Å². The van der Waals surface area contributed by atoms with E-state index >= 15 is 0 Å². The maximum absolute atomic E-state index is 11.8. The van der Waals surface area contributed by atoms with E-state index in [0.29, 0.717) is 21.8 Å². The Labute approximate surface area is 121 Å². The second-order valence-electron chi connectivity index (χ2n) is 4.12. The number of hydrogen-bond donors (Lipinski definition) is 1. The fourth-order valence-corrected chi connectivity index (χ4v) is 1.80. The molecule has 20 heavy (non-hydrogen) atoms. The third-order valence-electron chi connectivity index (χ3n) is 2.66. The van der Waals surface area contributed by atoms with E-state index in [2.05, 4.69) is 0 Å². The SMILES string of the molecule is N#Cc1cccc(COC(=O)c2ccc(N)c(Cl)c2)c1. The van der Waals surface area contributed by atoms with Crippen molar-refractivity contribution in [2.75, 3.05) is 5.73 Å². The van der Waals surface area contributed by atoms with Crippen LogP contribution in [-0.2, 0) is 11.3 Å². The molecule has 0 aliphatic rings. The highest BCUT2D eigenvalue weighted by Gasteiger charge is 2.09. The van der Waals surface area contributed by atoms with Crippen LogP contribution in [0.15, 0.2) is 42.5 Å². The number of benzene rings is 2. The quantitative estimate of drug-likeness (QED) is 0.694. The minimum absolute atomic E-state index is 0.0936. The summed E-state index contributed by atoms with van der Waals surface area (Å²) in [7, 11) is 0. The zero-order valence-electron chi connectivity index (χ0n) is 10.5. The van der Waals surface area contributed by atoms with Gasteiger partial charge in [-0.3, -0.25) is 0 Å². The van der Waals surface area contributed by atoms with Gasteiger partial charge in [-0.05, 0) is 35.9 Å². The van der Waals surface area contributed by atoms with Crippen molar-refractivity contribution < 1.29 is 9.53 Å². The first-order chi connectivity index (χ1) is 9.60. The van der Waals surface area contributed by atoms with Gasteiger partial charge in [0, 0.05) is 0 Å². The van der Waals surface area contributed by atoms with Crippen LogP contribution in [0.4, 0.5) is 5.69 Å². The lowest BCUT2D eigenvalue weighted by atomic mass is 10.1. The number of esters is 1. The van der Waals surface area contributed by atoms with Gasteiger partial charge in [0.05, 0.1) is 27.9 Å². The highest BCUT2D eigenvalue weighted by Crippen LogP contribution is 2.20. The summed E-state index contributed by atoms with van der Waals surface area (Å²) < 4.78 is 5.16. The number of hydrogen-bond acceptors (Lipinski definition) is 4. The molecule has 2 N–H and O–H groups in total. The van der Waals surface area contributed by atoms with Gasteiger partial charge in [0.15, 0.2) is 0 Å². The largest absolute Gasteiger partial charge is 0.457 e. The van der Waals surface area contributed by atoms with E-state index in [1.807, 2.05) is 6.07 Å². The van der Waals surface area contributed by atoms with Gasteiger partial charge in [-0.1, -0.05) is 23.7 Å². The number of nitrogens with zero attached hydrogens (tertiary/aromatic N) is 1. The number of halogens is 1. The Balaban J connectivity index is 2.05. The third-order valence-corrected chi connectivity index (χ3v) is 2.99. The van der Waals surface area contributed by atoms with Gasteiger partial charge in [0.2, 0.25) is 0 Å². The van der Waals surface area contributed by atoms with Crippen molar-refractivity contribution in [1.29, 1.82) is 5.26 Å². The Morgan fingerprint density at radius 1 is 1.30 bits per heavy atom. The Kier molecular flexibility index (Phi) is 4.24. The molecule has 100 valence electrons. The number of rotatable bonds is 3. The molecule has 2 aromatic carbocycles. The van der Waals surface area contributed by atoms with Gasteiger partial charge in [0.1, 0.15) is 6.61 Å². The molecule has 0 amide bonds. The van der Waals surface area contributed by atoms with Crippen molar-refractivity contribution in [3.63, 3.8) is 0 Å². The summed E-state index contributed by atoms with van der Waals surface area (Å²) in [4.78, 5) is 11.8. The normalized spacial score (nSPS) is 9.80. The zero-order valence-corrected chi connectivity index (χ0v) is 11.2. The van der Waals surface area contributed by atoms with Crippen LogP contribution in [0.25, 0.3) is 0 Å². The summed E-state index contributed by atoms with van der Waals surface area (Å²) in [5.74, 6) is -0.491.